The molecular weight excluding hydrogens is 457 g/mol. The maximum Gasteiger partial charge on any atom is 0.425 e. The predicted molar refractivity (Wildman–Crippen MR) is 114 cm³/mol. The molecule has 0 saturated heterocycles. The van der Waals surface area contributed by atoms with Gasteiger partial charge in [-0.2, -0.15) is 13.2 Å². The number of alkyl halides is 3. The van der Waals surface area contributed by atoms with Crippen LogP contribution in [0, 0.1) is 0 Å². The molecule has 176 valence electrons. The van der Waals surface area contributed by atoms with Gasteiger partial charge in [-0.1, -0.05) is 30.3 Å². The number of rotatable bonds is 5. The average molecular weight is 474 g/mol. The van der Waals surface area contributed by atoms with Crippen LogP contribution in [0.3, 0.4) is 0 Å². The van der Waals surface area contributed by atoms with Gasteiger partial charge < -0.3 is 15.4 Å². The van der Waals surface area contributed by atoms with Gasteiger partial charge in [-0.05, 0) is 31.2 Å². The lowest BCUT2D eigenvalue weighted by molar-refractivity contribution is -0.196. The summed E-state index contributed by atoms with van der Waals surface area (Å²) in [5.74, 6) is -3.75. The van der Waals surface area contributed by atoms with Crippen LogP contribution in [0.1, 0.15) is 22.8 Å². The third kappa shape index (κ3) is 3.43. The molecular formula is C22H17F3N4O5. The maximum absolute atomic E-state index is 14.5. The number of anilines is 1. The van der Waals surface area contributed by atoms with Gasteiger partial charge in [0.2, 0.25) is 0 Å². The van der Waals surface area contributed by atoms with Gasteiger partial charge in [0.25, 0.3) is 22.9 Å². The van der Waals surface area contributed by atoms with Crippen molar-refractivity contribution in [3.63, 3.8) is 0 Å². The minimum absolute atomic E-state index is 0.0124. The van der Waals surface area contributed by atoms with E-state index in [2.05, 4.69) is 0 Å². The highest BCUT2D eigenvalue weighted by atomic mass is 19.4. The van der Waals surface area contributed by atoms with Crippen molar-refractivity contribution in [3.05, 3.63) is 86.6 Å². The van der Waals surface area contributed by atoms with Crippen molar-refractivity contribution in [3.8, 4) is 11.4 Å². The van der Waals surface area contributed by atoms with Gasteiger partial charge in [0, 0.05) is 0 Å². The summed E-state index contributed by atoms with van der Waals surface area (Å²) in [5.41, 5.74) is -7.65. The standard InChI is InChI=1S/C22H17F3N4O5/c1-2-34-14-11-7-6-10-13(14)17(30)28-21(22(23,24)25)15-16(26-19(21)32)29(20(33)27-18(15)31)12-8-4-3-5-9-12/h3-11H,2H2,1H3,(H,26,32)(H,28,30)(H,27,31,33)/t21-/m1/s1. The maximum atomic E-state index is 14.5. The summed E-state index contributed by atoms with van der Waals surface area (Å²) >= 11 is 0. The first-order valence-electron chi connectivity index (χ1n) is 9.99. The molecule has 0 spiro atoms. The molecule has 0 unspecified atom stereocenters. The van der Waals surface area contributed by atoms with Gasteiger partial charge in [-0.3, -0.25) is 19.4 Å². The predicted octanol–water partition coefficient (Wildman–Crippen LogP) is 2.06. The van der Waals surface area contributed by atoms with Crippen molar-refractivity contribution in [1.82, 2.24) is 14.9 Å². The monoisotopic (exact) mass is 474 g/mol. The number of amides is 2. The Hall–Kier alpha value is -4.35. The zero-order valence-electron chi connectivity index (χ0n) is 17.5. The number of halogens is 3. The second kappa shape index (κ2) is 8.21. The summed E-state index contributed by atoms with van der Waals surface area (Å²) in [7, 11) is 0. The van der Waals surface area contributed by atoms with Crippen LogP contribution in [-0.2, 0) is 10.3 Å². The van der Waals surface area contributed by atoms with Crippen LogP contribution < -0.4 is 26.6 Å². The SMILES string of the molecule is CCOc1ccccc1C(=O)N[C@@]1(C(F)(F)F)C(=O)Nc2c1c(=O)[nH]c(=O)n2-c1ccccc1. The first-order chi connectivity index (χ1) is 16.1. The van der Waals surface area contributed by atoms with Crippen molar-refractivity contribution >= 4 is 17.6 Å². The molecule has 0 bridgehead atoms. The van der Waals surface area contributed by atoms with E-state index in [1.807, 2.05) is 10.3 Å². The van der Waals surface area contributed by atoms with Gasteiger partial charge >= 0.3 is 11.9 Å². The second-order valence-electron chi connectivity index (χ2n) is 7.24. The van der Waals surface area contributed by atoms with Gasteiger partial charge in [0.15, 0.2) is 0 Å². The number of aromatic amines is 1. The van der Waals surface area contributed by atoms with E-state index in [1.165, 1.54) is 48.5 Å². The molecule has 2 heterocycles. The summed E-state index contributed by atoms with van der Waals surface area (Å²) < 4.78 is 49.6. The molecule has 4 rings (SSSR count). The van der Waals surface area contributed by atoms with Gasteiger partial charge in [0.05, 0.1) is 17.9 Å². The highest BCUT2D eigenvalue weighted by Crippen LogP contribution is 2.45. The lowest BCUT2D eigenvalue weighted by Gasteiger charge is -2.30. The molecule has 1 aliphatic rings. The zero-order valence-corrected chi connectivity index (χ0v) is 17.5. The molecule has 12 heteroatoms. The largest absolute Gasteiger partial charge is 0.493 e. The Balaban J connectivity index is 1.95. The van der Waals surface area contributed by atoms with E-state index in [9.17, 15) is 32.3 Å². The molecule has 3 aromatic rings. The first-order valence-corrected chi connectivity index (χ1v) is 9.99. The minimum atomic E-state index is -5.45. The molecule has 34 heavy (non-hydrogen) atoms. The summed E-state index contributed by atoms with van der Waals surface area (Å²) in [6.07, 6.45) is -5.45. The van der Waals surface area contributed by atoms with E-state index in [0.29, 0.717) is 0 Å². The van der Waals surface area contributed by atoms with Crippen LogP contribution in [0.5, 0.6) is 5.75 Å². The molecule has 0 radical (unpaired) electrons. The molecule has 0 aliphatic carbocycles. The fourth-order valence-corrected chi connectivity index (χ4v) is 3.77. The average Bonchev–Trinajstić information content (AvgIpc) is 3.08. The van der Waals surface area contributed by atoms with E-state index in [0.717, 1.165) is 4.57 Å². The van der Waals surface area contributed by atoms with E-state index < -0.39 is 46.2 Å². The van der Waals surface area contributed by atoms with Crippen molar-refractivity contribution in [2.24, 2.45) is 0 Å². The Kier molecular flexibility index (Phi) is 5.51. The molecule has 2 aromatic carbocycles. The zero-order chi connectivity index (χ0) is 24.7. The Morgan fingerprint density at radius 3 is 2.35 bits per heavy atom. The molecule has 1 atom stereocenters. The molecule has 9 nitrogen and oxygen atoms in total. The molecule has 0 saturated carbocycles. The van der Waals surface area contributed by atoms with E-state index >= 15 is 0 Å². The molecule has 0 fully saturated rings. The van der Waals surface area contributed by atoms with Crippen LogP contribution in [0.4, 0.5) is 19.0 Å². The molecule has 2 amide bonds. The summed E-state index contributed by atoms with van der Waals surface area (Å²) in [4.78, 5) is 52.8. The van der Waals surface area contributed by atoms with Crippen molar-refractivity contribution in [2.75, 3.05) is 11.9 Å². The Morgan fingerprint density at radius 1 is 1.06 bits per heavy atom. The van der Waals surface area contributed by atoms with Gasteiger partial charge in [-0.15, -0.1) is 0 Å². The number of nitrogens with zero attached hydrogens (tertiary/aromatic N) is 1. The highest BCUT2D eigenvalue weighted by molar-refractivity contribution is 6.10. The minimum Gasteiger partial charge on any atom is -0.493 e. The number of benzene rings is 2. The Morgan fingerprint density at radius 2 is 1.71 bits per heavy atom. The number of nitrogens with one attached hydrogen (secondary N) is 3. The molecule has 1 aliphatic heterocycles. The van der Waals surface area contributed by atoms with E-state index in [4.69, 9.17) is 4.74 Å². The lowest BCUT2D eigenvalue weighted by atomic mass is 9.91. The molecule has 3 N–H and O–H groups in total. The van der Waals surface area contributed by atoms with Gasteiger partial charge in [0.1, 0.15) is 17.1 Å². The smallest absolute Gasteiger partial charge is 0.425 e. The number of para-hydroxylation sites is 2. The van der Waals surface area contributed by atoms with E-state index in [-0.39, 0.29) is 23.6 Å². The van der Waals surface area contributed by atoms with Crippen molar-refractivity contribution in [1.29, 1.82) is 0 Å². The normalized spacial score (nSPS) is 17.1. The van der Waals surface area contributed by atoms with Crippen LogP contribution in [-0.4, -0.2) is 34.1 Å². The molecule has 1 aromatic heterocycles. The fraction of sp³-hybridized carbons (Fsp3) is 0.182. The lowest BCUT2D eigenvalue weighted by Crippen LogP contribution is -2.62. The Bertz CT molecular complexity index is 1400. The third-order valence-electron chi connectivity index (χ3n) is 5.23. The highest BCUT2D eigenvalue weighted by Gasteiger charge is 2.68. The van der Waals surface area contributed by atoms with Crippen LogP contribution in [0.15, 0.2) is 64.2 Å². The number of hydrogen-bond donors (Lipinski definition) is 3. The number of carbonyl (C=O) groups excluding carboxylic acids is 2. The van der Waals surface area contributed by atoms with Crippen molar-refractivity contribution < 1.29 is 27.5 Å². The van der Waals surface area contributed by atoms with Gasteiger partial charge in [-0.25, -0.2) is 9.36 Å². The fourth-order valence-electron chi connectivity index (χ4n) is 3.77. The second-order valence-corrected chi connectivity index (χ2v) is 7.24. The third-order valence-corrected chi connectivity index (χ3v) is 5.23. The number of carbonyl (C=O) groups is 2. The number of H-pyrrole nitrogens is 1. The topological polar surface area (TPSA) is 122 Å². The Labute approximate surface area is 189 Å². The van der Waals surface area contributed by atoms with Crippen molar-refractivity contribution in [2.45, 2.75) is 18.6 Å². The number of aromatic nitrogens is 2. The number of fused-ring (bicyclic) bond motifs is 1. The quantitative estimate of drug-likeness (QED) is 0.523. The first kappa shape index (κ1) is 22.8. The number of ether oxygens (including phenoxy) is 1. The van der Waals surface area contributed by atoms with Crippen LogP contribution >= 0.6 is 0 Å². The van der Waals surface area contributed by atoms with Crippen LogP contribution in [0.2, 0.25) is 0 Å². The summed E-state index contributed by atoms with van der Waals surface area (Å²) in [6, 6.07) is 12.9. The van der Waals surface area contributed by atoms with E-state index in [1.54, 1.807) is 18.3 Å². The van der Waals surface area contributed by atoms with Crippen LogP contribution in [0.25, 0.3) is 5.69 Å². The number of hydrogen-bond acceptors (Lipinski definition) is 5. The summed E-state index contributed by atoms with van der Waals surface area (Å²) in [6.45, 7) is 1.75. The summed E-state index contributed by atoms with van der Waals surface area (Å²) in [5, 5.41) is 3.68.